The Hall–Kier alpha value is -3.28. The molecule has 0 spiro atoms. The number of nitrogens with zero attached hydrogens (tertiary/aromatic N) is 3. The van der Waals surface area contributed by atoms with Gasteiger partial charge in [-0.3, -0.25) is 0 Å². The Balaban J connectivity index is 2.00. The van der Waals surface area contributed by atoms with E-state index in [1.807, 2.05) is 43.5 Å². The first-order valence-corrected chi connectivity index (χ1v) is 9.52. The van der Waals surface area contributed by atoms with Gasteiger partial charge in [0.2, 0.25) is 0 Å². The molecule has 0 aliphatic heterocycles. The Bertz CT molecular complexity index is 1230. The van der Waals surface area contributed by atoms with Crippen molar-refractivity contribution < 1.29 is 5.11 Å². The van der Waals surface area contributed by atoms with Crippen LogP contribution in [0.3, 0.4) is 0 Å². The number of aromatic nitrogens is 4. The molecule has 0 radical (unpaired) electrons. The summed E-state index contributed by atoms with van der Waals surface area (Å²) in [5.41, 5.74) is 4.12. The summed E-state index contributed by atoms with van der Waals surface area (Å²) < 4.78 is 3.71. The van der Waals surface area contributed by atoms with Gasteiger partial charge in [-0.05, 0) is 68.7 Å². The summed E-state index contributed by atoms with van der Waals surface area (Å²) in [6.45, 7) is 8.28. The topological polar surface area (TPSA) is 75.8 Å². The van der Waals surface area contributed by atoms with Crippen molar-refractivity contribution >= 4 is 10.9 Å². The fourth-order valence-electron chi connectivity index (χ4n) is 3.82. The van der Waals surface area contributed by atoms with Crippen LogP contribution in [0.2, 0.25) is 0 Å². The molecule has 144 valence electrons. The average molecular weight is 376 g/mol. The van der Waals surface area contributed by atoms with Crippen LogP contribution in [0, 0.1) is 6.92 Å². The Kier molecular flexibility index (Phi) is 4.34. The molecular weight excluding hydrogens is 352 g/mol. The molecule has 6 nitrogen and oxygen atoms in total. The standard InChI is InChI=1S/C22H24N4O2/c1-5-15-12-17(20(27)11-14(15)4)21-23-24-22(28)26(21)19-8-6-7-18-16(19)9-10-25(18)13(2)3/h6-13,27H,5H2,1-4H3,(H,24,28). The van der Waals surface area contributed by atoms with E-state index in [0.29, 0.717) is 17.4 Å². The maximum absolute atomic E-state index is 12.7. The van der Waals surface area contributed by atoms with E-state index < -0.39 is 0 Å². The van der Waals surface area contributed by atoms with Gasteiger partial charge in [0, 0.05) is 17.6 Å². The molecule has 0 fully saturated rings. The van der Waals surface area contributed by atoms with Gasteiger partial charge in [-0.15, -0.1) is 0 Å². The summed E-state index contributed by atoms with van der Waals surface area (Å²) in [5.74, 6) is 0.517. The van der Waals surface area contributed by atoms with Crippen LogP contribution in [0.4, 0.5) is 0 Å². The molecule has 0 atom stereocenters. The number of phenolic OH excluding ortho intramolecular Hbond substituents is 1. The molecule has 0 aliphatic carbocycles. The molecule has 0 bridgehead atoms. The zero-order chi connectivity index (χ0) is 20.0. The van der Waals surface area contributed by atoms with Crippen molar-refractivity contribution in [3.63, 3.8) is 0 Å². The fraction of sp³-hybridized carbons (Fsp3) is 0.273. The van der Waals surface area contributed by atoms with Crippen molar-refractivity contribution in [1.29, 1.82) is 0 Å². The number of H-pyrrole nitrogens is 1. The predicted octanol–water partition coefficient (Wildman–Crippen LogP) is 4.34. The molecule has 0 amide bonds. The summed E-state index contributed by atoms with van der Waals surface area (Å²) >= 11 is 0. The highest BCUT2D eigenvalue weighted by atomic mass is 16.3. The molecule has 4 aromatic rings. The zero-order valence-corrected chi connectivity index (χ0v) is 16.5. The van der Waals surface area contributed by atoms with E-state index in [1.165, 1.54) is 4.57 Å². The minimum Gasteiger partial charge on any atom is -0.507 e. The minimum absolute atomic E-state index is 0.113. The van der Waals surface area contributed by atoms with E-state index in [-0.39, 0.29) is 11.4 Å². The lowest BCUT2D eigenvalue weighted by atomic mass is 10.0. The third-order valence-corrected chi connectivity index (χ3v) is 5.29. The molecule has 2 N–H and O–H groups in total. The predicted molar refractivity (Wildman–Crippen MR) is 111 cm³/mol. The molecule has 2 aromatic carbocycles. The van der Waals surface area contributed by atoms with Gasteiger partial charge >= 0.3 is 5.69 Å². The van der Waals surface area contributed by atoms with Crippen LogP contribution in [-0.4, -0.2) is 24.4 Å². The van der Waals surface area contributed by atoms with Gasteiger partial charge in [-0.2, -0.15) is 5.10 Å². The van der Waals surface area contributed by atoms with Gasteiger partial charge < -0.3 is 9.67 Å². The second-order valence-corrected chi connectivity index (χ2v) is 7.36. The Morgan fingerprint density at radius 1 is 1.21 bits per heavy atom. The third-order valence-electron chi connectivity index (χ3n) is 5.29. The van der Waals surface area contributed by atoms with E-state index in [2.05, 4.69) is 35.5 Å². The molecule has 0 saturated carbocycles. The summed E-state index contributed by atoms with van der Waals surface area (Å²) in [6, 6.07) is 11.8. The lowest BCUT2D eigenvalue weighted by Crippen LogP contribution is -2.16. The number of phenols is 1. The highest BCUT2D eigenvalue weighted by molar-refractivity contribution is 5.89. The number of hydrogen-bond acceptors (Lipinski definition) is 3. The van der Waals surface area contributed by atoms with E-state index in [9.17, 15) is 9.90 Å². The van der Waals surface area contributed by atoms with Gasteiger partial charge in [0.05, 0.1) is 16.8 Å². The highest BCUT2D eigenvalue weighted by Gasteiger charge is 2.19. The number of aryl methyl sites for hydroxylation is 2. The van der Waals surface area contributed by atoms with Gasteiger partial charge in [0.25, 0.3) is 0 Å². The molecule has 6 heteroatoms. The molecule has 2 heterocycles. The van der Waals surface area contributed by atoms with Gasteiger partial charge in [0.1, 0.15) is 5.75 Å². The fourth-order valence-corrected chi connectivity index (χ4v) is 3.82. The van der Waals surface area contributed by atoms with E-state index >= 15 is 0 Å². The van der Waals surface area contributed by atoms with Crippen molar-refractivity contribution in [2.24, 2.45) is 0 Å². The summed E-state index contributed by atoms with van der Waals surface area (Å²) in [4.78, 5) is 12.7. The van der Waals surface area contributed by atoms with Crippen LogP contribution < -0.4 is 5.69 Å². The van der Waals surface area contributed by atoms with Gasteiger partial charge in [-0.25, -0.2) is 14.5 Å². The Labute approximate surface area is 163 Å². The first-order valence-electron chi connectivity index (χ1n) is 9.52. The van der Waals surface area contributed by atoms with Crippen molar-refractivity contribution in [1.82, 2.24) is 19.3 Å². The van der Waals surface area contributed by atoms with Crippen LogP contribution in [-0.2, 0) is 6.42 Å². The van der Waals surface area contributed by atoms with E-state index in [0.717, 1.165) is 34.1 Å². The Morgan fingerprint density at radius 2 is 2.00 bits per heavy atom. The lowest BCUT2D eigenvalue weighted by Gasteiger charge is -2.13. The van der Waals surface area contributed by atoms with Crippen molar-refractivity contribution in [2.75, 3.05) is 0 Å². The number of aromatic amines is 1. The number of hydrogen-bond donors (Lipinski definition) is 2. The number of nitrogens with one attached hydrogen (secondary N) is 1. The molecule has 0 saturated heterocycles. The Morgan fingerprint density at radius 3 is 2.71 bits per heavy atom. The largest absolute Gasteiger partial charge is 0.507 e. The highest BCUT2D eigenvalue weighted by Crippen LogP contribution is 2.33. The summed E-state index contributed by atoms with van der Waals surface area (Å²) in [5, 5.41) is 18.3. The first kappa shape index (κ1) is 18.1. The summed E-state index contributed by atoms with van der Waals surface area (Å²) in [7, 11) is 0. The number of rotatable bonds is 4. The number of aromatic hydroxyl groups is 1. The number of fused-ring (bicyclic) bond motifs is 1. The maximum atomic E-state index is 12.7. The van der Waals surface area contributed by atoms with Gasteiger partial charge in [-0.1, -0.05) is 13.0 Å². The molecule has 4 rings (SSSR count). The average Bonchev–Trinajstić information content (AvgIpc) is 3.25. The third kappa shape index (κ3) is 2.72. The molecule has 2 aromatic heterocycles. The van der Waals surface area contributed by atoms with Crippen molar-refractivity contribution in [3.05, 3.63) is 64.2 Å². The van der Waals surface area contributed by atoms with Crippen molar-refractivity contribution in [3.8, 4) is 22.8 Å². The molecular formula is C22H24N4O2. The maximum Gasteiger partial charge on any atom is 0.348 e. The van der Waals surface area contributed by atoms with Crippen molar-refractivity contribution in [2.45, 2.75) is 40.2 Å². The second-order valence-electron chi connectivity index (χ2n) is 7.36. The van der Waals surface area contributed by atoms with Crippen LogP contribution >= 0.6 is 0 Å². The monoisotopic (exact) mass is 376 g/mol. The smallest absolute Gasteiger partial charge is 0.348 e. The molecule has 28 heavy (non-hydrogen) atoms. The first-order chi connectivity index (χ1) is 13.4. The molecule has 0 unspecified atom stereocenters. The lowest BCUT2D eigenvalue weighted by molar-refractivity contribution is 0.476. The van der Waals surface area contributed by atoms with Gasteiger partial charge in [0.15, 0.2) is 5.82 Å². The SMILES string of the molecule is CCc1cc(-c2n[nH]c(=O)n2-c2cccc3c2ccn3C(C)C)c(O)cc1C. The van der Waals surface area contributed by atoms with Crippen LogP contribution in [0.5, 0.6) is 5.75 Å². The minimum atomic E-state index is -0.335. The van der Waals surface area contributed by atoms with E-state index in [4.69, 9.17) is 0 Å². The van der Waals surface area contributed by atoms with Crippen LogP contribution in [0.1, 0.15) is 37.9 Å². The quantitative estimate of drug-likeness (QED) is 0.556. The van der Waals surface area contributed by atoms with Crippen LogP contribution in [0.25, 0.3) is 28.0 Å². The molecule has 0 aliphatic rings. The number of benzene rings is 2. The normalized spacial score (nSPS) is 11.6. The van der Waals surface area contributed by atoms with Crippen LogP contribution in [0.15, 0.2) is 47.4 Å². The summed E-state index contributed by atoms with van der Waals surface area (Å²) in [6.07, 6.45) is 2.86. The second kappa shape index (κ2) is 6.71. The van der Waals surface area contributed by atoms with E-state index in [1.54, 1.807) is 6.07 Å². The zero-order valence-electron chi connectivity index (χ0n) is 16.5.